The molecule has 0 spiro atoms. The molecule has 2 nitrogen and oxygen atoms in total. The van der Waals surface area contributed by atoms with Crippen LogP contribution < -0.4 is 0 Å². The van der Waals surface area contributed by atoms with Crippen molar-refractivity contribution in [3.05, 3.63) is 6.42 Å². The number of hydrogen-bond acceptors (Lipinski definition) is 2. The van der Waals surface area contributed by atoms with Crippen LogP contribution in [0.2, 0.25) is 0 Å². The fraction of sp³-hybridized carbons (Fsp3) is 0.778. The zero-order valence-electron chi connectivity index (χ0n) is 7.01. The lowest BCUT2D eigenvalue weighted by atomic mass is 9.87. The van der Waals surface area contributed by atoms with Crippen LogP contribution in [0, 0.1) is 12.3 Å². The van der Waals surface area contributed by atoms with E-state index in [1.165, 1.54) is 26.4 Å². The van der Waals surface area contributed by atoms with Crippen LogP contribution in [0.25, 0.3) is 0 Å². The van der Waals surface area contributed by atoms with Crippen LogP contribution in [0.15, 0.2) is 0 Å². The Hall–Kier alpha value is -0.530. The maximum absolute atomic E-state index is 10.8. The lowest BCUT2D eigenvalue weighted by molar-refractivity contribution is -0.141. The molecule has 0 saturated heterocycles. The normalized spacial score (nSPS) is 19.7. The third-order valence-electron chi connectivity index (χ3n) is 2.20. The Kier molecular flexibility index (Phi) is 3.40. The highest BCUT2D eigenvalue weighted by Crippen LogP contribution is 2.25. The summed E-state index contributed by atoms with van der Waals surface area (Å²) in [5.74, 6) is 0.487. The van der Waals surface area contributed by atoms with Crippen LogP contribution in [0.4, 0.5) is 0 Å². The SMILES string of the molecule is COC(=O)CC1C[CH]CCC1. The summed E-state index contributed by atoms with van der Waals surface area (Å²) in [4.78, 5) is 10.8. The van der Waals surface area contributed by atoms with Gasteiger partial charge in [-0.3, -0.25) is 4.79 Å². The van der Waals surface area contributed by atoms with Gasteiger partial charge in [0.2, 0.25) is 0 Å². The van der Waals surface area contributed by atoms with Crippen molar-refractivity contribution in [1.29, 1.82) is 0 Å². The molecule has 1 unspecified atom stereocenters. The highest BCUT2D eigenvalue weighted by molar-refractivity contribution is 5.69. The average Bonchev–Trinajstić information content (AvgIpc) is 2.06. The monoisotopic (exact) mass is 155 g/mol. The molecule has 1 aliphatic carbocycles. The molecule has 1 saturated carbocycles. The second-order valence-corrected chi connectivity index (χ2v) is 3.10. The van der Waals surface area contributed by atoms with Crippen molar-refractivity contribution in [2.24, 2.45) is 5.92 Å². The molecule has 0 aromatic heterocycles. The highest BCUT2D eigenvalue weighted by atomic mass is 16.5. The standard InChI is InChI=1S/C9H15O2/c1-11-9(10)7-8-5-3-2-4-6-8/h3,8H,2,4-7H2,1H3. The fourth-order valence-electron chi connectivity index (χ4n) is 1.53. The number of esters is 1. The topological polar surface area (TPSA) is 26.3 Å². The number of methoxy groups -OCH3 is 1. The molecule has 0 bridgehead atoms. The summed E-state index contributed by atoms with van der Waals surface area (Å²) in [7, 11) is 1.45. The Morgan fingerprint density at radius 1 is 1.73 bits per heavy atom. The summed E-state index contributed by atoms with van der Waals surface area (Å²) in [5.41, 5.74) is 0. The molecule has 11 heavy (non-hydrogen) atoms. The Bertz CT molecular complexity index is 126. The lowest BCUT2D eigenvalue weighted by Crippen LogP contribution is -2.13. The number of ether oxygens (including phenoxy) is 1. The molecule has 0 N–H and O–H groups in total. The first-order valence-electron chi connectivity index (χ1n) is 4.21. The molecule has 1 radical (unpaired) electrons. The predicted octanol–water partition coefficient (Wildman–Crippen LogP) is 1.94. The third-order valence-corrected chi connectivity index (χ3v) is 2.20. The van der Waals surface area contributed by atoms with Crippen LogP contribution >= 0.6 is 0 Å². The second-order valence-electron chi connectivity index (χ2n) is 3.10. The third kappa shape index (κ3) is 2.91. The first kappa shape index (κ1) is 8.57. The largest absolute Gasteiger partial charge is 0.469 e. The van der Waals surface area contributed by atoms with Gasteiger partial charge in [0.05, 0.1) is 7.11 Å². The van der Waals surface area contributed by atoms with Crippen LogP contribution in [-0.4, -0.2) is 13.1 Å². The van der Waals surface area contributed by atoms with E-state index >= 15 is 0 Å². The zero-order chi connectivity index (χ0) is 8.10. The molecule has 2 heteroatoms. The van der Waals surface area contributed by atoms with E-state index < -0.39 is 0 Å². The Morgan fingerprint density at radius 3 is 3.09 bits per heavy atom. The molecule has 1 atom stereocenters. The van der Waals surface area contributed by atoms with Gasteiger partial charge in [-0.1, -0.05) is 12.8 Å². The smallest absolute Gasteiger partial charge is 0.305 e. The van der Waals surface area contributed by atoms with E-state index in [-0.39, 0.29) is 5.97 Å². The fourth-order valence-corrected chi connectivity index (χ4v) is 1.53. The van der Waals surface area contributed by atoms with Gasteiger partial charge in [-0.25, -0.2) is 0 Å². The van der Waals surface area contributed by atoms with Crippen LogP contribution in [-0.2, 0) is 9.53 Å². The molecular weight excluding hydrogens is 140 g/mol. The molecule has 63 valence electrons. The minimum Gasteiger partial charge on any atom is -0.469 e. The van der Waals surface area contributed by atoms with Gasteiger partial charge < -0.3 is 4.74 Å². The van der Waals surface area contributed by atoms with Gasteiger partial charge in [0, 0.05) is 6.42 Å². The van der Waals surface area contributed by atoms with E-state index in [0.29, 0.717) is 12.3 Å². The molecule has 0 heterocycles. The van der Waals surface area contributed by atoms with E-state index in [0.717, 1.165) is 6.42 Å². The zero-order valence-corrected chi connectivity index (χ0v) is 7.01. The Morgan fingerprint density at radius 2 is 2.55 bits per heavy atom. The minimum atomic E-state index is -0.0645. The van der Waals surface area contributed by atoms with Crippen molar-refractivity contribution in [3.63, 3.8) is 0 Å². The summed E-state index contributed by atoms with van der Waals surface area (Å²) in [6, 6.07) is 0. The van der Waals surface area contributed by atoms with E-state index in [1.807, 2.05) is 0 Å². The van der Waals surface area contributed by atoms with Crippen molar-refractivity contribution in [2.75, 3.05) is 7.11 Å². The number of carbonyl (C=O) groups excluding carboxylic acids is 1. The summed E-state index contributed by atoms with van der Waals surface area (Å²) in [6.07, 6.45) is 7.62. The van der Waals surface area contributed by atoms with E-state index in [4.69, 9.17) is 0 Å². The molecule has 0 aromatic rings. The van der Waals surface area contributed by atoms with Crippen molar-refractivity contribution in [3.8, 4) is 0 Å². The van der Waals surface area contributed by atoms with Crippen molar-refractivity contribution in [1.82, 2.24) is 0 Å². The Labute approximate surface area is 67.9 Å². The average molecular weight is 155 g/mol. The molecule has 0 aliphatic heterocycles. The van der Waals surface area contributed by atoms with Gasteiger partial charge in [0.25, 0.3) is 0 Å². The summed E-state index contributed by atoms with van der Waals surface area (Å²) >= 11 is 0. The quantitative estimate of drug-likeness (QED) is 0.570. The van der Waals surface area contributed by atoms with Crippen molar-refractivity contribution in [2.45, 2.75) is 32.1 Å². The van der Waals surface area contributed by atoms with Gasteiger partial charge in [0.15, 0.2) is 0 Å². The predicted molar refractivity (Wildman–Crippen MR) is 42.9 cm³/mol. The molecule has 1 rings (SSSR count). The van der Waals surface area contributed by atoms with Gasteiger partial charge in [-0.2, -0.15) is 0 Å². The number of hydrogen-bond donors (Lipinski definition) is 0. The molecule has 0 aromatic carbocycles. The van der Waals surface area contributed by atoms with Gasteiger partial charge in [0.1, 0.15) is 0 Å². The van der Waals surface area contributed by atoms with Crippen molar-refractivity contribution < 1.29 is 9.53 Å². The van der Waals surface area contributed by atoms with Crippen LogP contribution in [0.1, 0.15) is 32.1 Å². The Balaban J connectivity index is 2.19. The van der Waals surface area contributed by atoms with E-state index in [2.05, 4.69) is 11.2 Å². The summed E-state index contributed by atoms with van der Waals surface area (Å²) in [6.45, 7) is 0. The number of carbonyl (C=O) groups is 1. The molecular formula is C9H15O2. The lowest BCUT2D eigenvalue weighted by Gasteiger charge is -2.19. The first-order chi connectivity index (χ1) is 5.33. The maximum atomic E-state index is 10.8. The van der Waals surface area contributed by atoms with Gasteiger partial charge in [-0.15, -0.1) is 0 Å². The maximum Gasteiger partial charge on any atom is 0.305 e. The van der Waals surface area contributed by atoms with Crippen molar-refractivity contribution >= 4 is 5.97 Å². The van der Waals surface area contributed by atoms with E-state index in [1.54, 1.807) is 0 Å². The van der Waals surface area contributed by atoms with Crippen LogP contribution in [0.3, 0.4) is 0 Å². The van der Waals surface area contributed by atoms with E-state index in [9.17, 15) is 4.79 Å². The first-order valence-corrected chi connectivity index (χ1v) is 4.21. The summed E-state index contributed by atoms with van der Waals surface area (Å²) < 4.78 is 4.60. The molecule has 0 amide bonds. The van der Waals surface area contributed by atoms with Gasteiger partial charge in [-0.05, 0) is 25.2 Å². The molecule has 1 aliphatic rings. The highest BCUT2D eigenvalue weighted by Gasteiger charge is 2.16. The second kappa shape index (κ2) is 4.37. The van der Waals surface area contributed by atoms with Crippen LogP contribution in [0.5, 0.6) is 0 Å². The summed E-state index contributed by atoms with van der Waals surface area (Å²) in [5, 5.41) is 0. The minimum absolute atomic E-state index is 0.0645. The molecule has 1 fully saturated rings. The number of rotatable bonds is 2. The van der Waals surface area contributed by atoms with Gasteiger partial charge >= 0.3 is 5.97 Å².